The smallest absolute Gasteiger partial charge is 0.222 e. The van der Waals surface area contributed by atoms with Crippen LogP contribution in [-0.2, 0) is 4.79 Å². The summed E-state index contributed by atoms with van der Waals surface area (Å²) in [7, 11) is 4.32. The van der Waals surface area contributed by atoms with Crippen molar-refractivity contribution in [2.45, 2.75) is 57.4 Å². The van der Waals surface area contributed by atoms with Gasteiger partial charge in [0, 0.05) is 25.0 Å². The molecule has 0 aromatic carbocycles. The van der Waals surface area contributed by atoms with E-state index in [0.29, 0.717) is 11.8 Å². The fourth-order valence-electron chi connectivity index (χ4n) is 4.66. The number of fused-ring (bicyclic) bond motifs is 2. The topological polar surface area (TPSA) is 23.6 Å². The summed E-state index contributed by atoms with van der Waals surface area (Å²) in [6, 6.07) is 0. The van der Waals surface area contributed by atoms with Crippen LogP contribution in [-0.4, -0.2) is 48.4 Å². The van der Waals surface area contributed by atoms with Gasteiger partial charge in [-0.2, -0.15) is 0 Å². The van der Waals surface area contributed by atoms with Crippen molar-refractivity contribution in [2.24, 2.45) is 17.8 Å². The second-order valence-corrected chi connectivity index (χ2v) is 7.91. The van der Waals surface area contributed by atoms with Crippen molar-refractivity contribution >= 4 is 5.91 Å². The van der Waals surface area contributed by atoms with Crippen molar-refractivity contribution in [2.75, 3.05) is 27.2 Å². The molecule has 0 radical (unpaired) electrons. The van der Waals surface area contributed by atoms with Crippen LogP contribution in [0.3, 0.4) is 0 Å². The largest absolute Gasteiger partial charge is 0.343 e. The normalized spacial score (nSPS) is 35.8. The van der Waals surface area contributed by atoms with E-state index in [1.54, 1.807) is 0 Å². The maximum absolute atomic E-state index is 12.5. The van der Waals surface area contributed by atoms with Crippen LogP contribution < -0.4 is 0 Å². The Kier molecular flexibility index (Phi) is 3.83. The average molecular weight is 278 g/mol. The molecule has 3 fully saturated rings. The van der Waals surface area contributed by atoms with Gasteiger partial charge in [-0.1, -0.05) is 6.42 Å². The minimum absolute atomic E-state index is 0.281. The molecule has 0 aromatic rings. The highest BCUT2D eigenvalue weighted by molar-refractivity contribution is 5.76. The molecule has 3 heteroatoms. The zero-order chi connectivity index (χ0) is 14.3. The number of rotatable bonds is 3. The van der Waals surface area contributed by atoms with Crippen LogP contribution in [0.2, 0.25) is 0 Å². The summed E-state index contributed by atoms with van der Waals surface area (Å²) in [5.74, 6) is 2.98. The minimum Gasteiger partial charge on any atom is -0.343 e. The standard InChI is InChI=1S/C17H30N2O/c1-17(18(2)3)6-8-19(9-7-17)16(20)12-15-11-13-4-5-14(15)10-13/h13-15H,4-12H2,1-3H3. The van der Waals surface area contributed by atoms with Crippen LogP contribution in [0.25, 0.3) is 0 Å². The minimum atomic E-state index is 0.281. The maximum Gasteiger partial charge on any atom is 0.222 e. The molecule has 0 spiro atoms. The molecule has 3 aliphatic rings. The second kappa shape index (κ2) is 5.32. The fraction of sp³-hybridized carbons (Fsp3) is 0.941. The molecule has 1 aliphatic heterocycles. The van der Waals surface area contributed by atoms with Crippen molar-refractivity contribution < 1.29 is 4.79 Å². The van der Waals surface area contributed by atoms with Crippen molar-refractivity contribution in [1.29, 1.82) is 0 Å². The molecular formula is C17H30N2O. The Morgan fingerprint density at radius 3 is 2.40 bits per heavy atom. The lowest BCUT2D eigenvalue weighted by atomic mass is 9.85. The molecule has 2 aliphatic carbocycles. The van der Waals surface area contributed by atoms with Gasteiger partial charge in [0.05, 0.1) is 0 Å². The summed E-state index contributed by atoms with van der Waals surface area (Å²) in [6.07, 6.45) is 8.63. The van der Waals surface area contributed by atoms with E-state index in [-0.39, 0.29) is 5.54 Å². The van der Waals surface area contributed by atoms with E-state index in [2.05, 4.69) is 30.8 Å². The predicted molar refractivity (Wildman–Crippen MR) is 81.5 cm³/mol. The quantitative estimate of drug-likeness (QED) is 0.792. The van der Waals surface area contributed by atoms with Gasteiger partial charge in [0.2, 0.25) is 5.91 Å². The number of hydrogen-bond donors (Lipinski definition) is 0. The van der Waals surface area contributed by atoms with Crippen LogP contribution in [0.5, 0.6) is 0 Å². The highest BCUT2D eigenvalue weighted by atomic mass is 16.2. The van der Waals surface area contributed by atoms with Crippen molar-refractivity contribution in [3.63, 3.8) is 0 Å². The summed E-state index contributed by atoms with van der Waals surface area (Å²) in [4.78, 5) is 17.0. The van der Waals surface area contributed by atoms with Crippen LogP contribution in [0.15, 0.2) is 0 Å². The first-order chi connectivity index (χ1) is 9.48. The molecule has 20 heavy (non-hydrogen) atoms. The molecule has 0 aromatic heterocycles. The average Bonchev–Trinajstić information content (AvgIpc) is 3.01. The van der Waals surface area contributed by atoms with Gasteiger partial charge >= 0.3 is 0 Å². The fourth-order valence-corrected chi connectivity index (χ4v) is 4.66. The van der Waals surface area contributed by atoms with Gasteiger partial charge in [-0.15, -0.1) is 0 Å². The van der Waals surface area contributed by atoms with Crippen molar-refractivity contribution in [3.8, 4) is 0 Å². The molecule has 1 heterocycles. The Balaban J connectivity index is 1.50. The molecule has 3 rings (SSSR count). The molecule has 114 valence electrons. The first-order valence-corrected chi connectivity index (χ1v) is 8.43. The van der Waals surface area contributed by atoms with E-state index in [4.69, 9.17) is 0 Å². The number of hydrogen-bond acceptors (Lipinski definition) is 2. The lowest BCUT2D eigenvalue weighted by Crippen LogP contribution is -2.52. The summed E-state index contributed by atoms with van der Waals surface area (Å²) in [5, 5.41) is 0. The molecule has 1 saturated heterocycles. The lowest BCUT2D eigenvalue weighted by molar-refractivity contribution is -0.135. The number of likely N-dealkylation sites (tertiary alicyclic amines) is 1. The number of amides is 1. The highest BCUT2D eigenvalue weighted by Gasteiger charge is 2.41. The molecule has 3 unspecified atom stereocenters. The zero-order valence-electron chi connectivity index (χ0n) is 13.4. The number of carbonyl (C=O) groups excluding carboxylic acids is 1. The first kappa shape index (κ1) is 14.4. The zero-order valence-corrected chi connectivity index (χ0v) is 13.4. The summed E-state index contributed by atoms with van der Waals surface area (Å²) in [6.45, 7) is 4.23. The third-order valence-electron chi connectivity index (χ3n) is 6.59. The molecule has 0 N–H and O–H groups in total. The third kappa shape index (κ3) is 2.61. The van der Waals surface area contributed by atoms with Gasteiger partial charge in [0.25, 0.3) is 0 Å². The lowest BCUT2D eigenvalue weighted by Gasteiger charge is -2.44. The molecular weight excluding hydrogens is 248 g/mol. The predicted octanol–water partition coefficient (Wildman–Crippen LogP) is 2.76. The van der Waals surface area contributed by atoms with E-state index >= 15 is 0 Å². The summed E-state index contributed by atoms with van der Waals surface area (Å²) < 4.78 is 0. The van der Waals surface area contributed by atoms with Crippen molar-refractivity contribution in [1.82, 2.24) is 9.80 Å². The SMILES string of the molecule is CN(C)C1(C)CCN(C(=O)CC2CC3CCC2C3)CC1. The van der Waals surface area contributed by atoms with E-state index in [9.17, 15) is 4.79 Å². The van der Waals surface area contributed by atoms with Crippen LogP contribution >= 0.6 is 0 Å². The number of nitrogens with zero attached hydrogens (tertiary/aromatic N) is 2. The van der Waals surface area contributed by atoms with Crippen molar-refractivity contribution in [3.05, 3.63) is 0 Å². The Hall–Kier alpha value is -0.570. The maximum atomic E-state index is 12.5. The Bertz CT molecular complexity index is 371. The van der Waals surface area contributed by atoms with Gasteiger partial charge in [0.15, 0.2) is 0 Å². The number of piperidine rings is 1. The van der Waals surface area contributed by atoms with Gasteiger partial charge in [-0.25, -0.2) is 0 Å². The van der Waals surface area contributed by atoms with Gasteiger partial charge in [-0.05, 0) is 70.9 Å². The third-order valence-corrected chi connectivity index (χ3v) is 6.59. The molecule has 2 saturated carbocycles. The first-order valence-electron chi connectivity index (χ1n) is 8.43. The molecule has 3 nitrogen and oxygen atoms in total. The van der Waals surface area contributed by atoms with Crippen LogP contribution in [0.4, 0.5) is 0 Å². The molecule has 2 bridgehead atoms. The Labute approximate surface area is 123 Å². The summed E-state index contributed by atoms with van der Waals surface area (Å²) >= 11 is 0. The van der Waals surface area contributed by atoms with Crippen LogP contribution in [0.1, 0.15) is 51.9 Å². The van der Waals surface area contributed by atoms with E-state index < -0.39 is 0 Å². The Morgan fingerprint density at radius 2 is 1.90 bits per heavy atom. The Morgan fingerprint density at radius 1 is 1.20 bits per heavy atom. The van der Waals surface area contributed by atoms with Gasteiger partial charge in [-0.3, -0.25) is 4.79 Å². The van der Waals surface area contributed by atoms with E-state index in [1.165, 1.54) is 25.7 Å². The highest BCUT2D eigenvalue weighted by Crippen LogP contribution is 2.49. The van der Waals surface area contributed by atoms with E-state index in [1.807, 2.05) is 0 Å². The van der Waals surface area contributed by atoms with E-state index in [0.717, 1.165) is 44.2 Å². The molecule has 3 atom stereocenters. The van der Waals surface area contributed by atoms with Gasteiger partial charge in [0.1, 0.15) is 0 Å². The number of carbonyl (C=O) groups is 1. The van der Waals surface area contributed by atoms with Crippen LogP contribution in [0, 0.1) is 17.8 Å². The van der Waals surface area contributed by atoms with Gasteiger partial charge < -0.3 is 9.80 Å². The monoisotopic (exact) mass is 278 g/mol. The second-order valence-electron chi connectivity index (χ2n) is 7.91. The summed E-state index contributed by atoms with van der Waals surface area (Å²) in [5.41, 5.74) is 0.281. The molecule has 1 amide bonds.